The second-order valence-corrected chi connectivity index (χ2v) is 4.99. The van der Waals surface area contributed by atoms with E-state index < -0.39 is 0 Å². The maximum absolute atomic E-state index is 12.2. The Bertz CT molecular complexity index is 625. The number of hydrogen-bond acceptors (Lipinski definition) is 4. The van der Waals surface area contributed by atoms with Crippen LogP contribution in [0.1, 0.15) is 17.3 Å². The zero-order valence-electron chi connectivity index (χ0n) is 11.8. The number of carbonyl (C=O) groups excluding carboxylic acids is 1. The predicted octanol–water partition coefficient (Wildman–Crippen LogP) is 1.47. The third-order valence-corrected chi connectivity index (χ3v) is 3.23. The highest BCUT2D eigenvalue weighted by Gasteiger charge is 2.16. The highest BCUT2D eigenvalue weighted by molar-refractivity contribution is 5.95. The van der Waals surface area contributed by atoms with Crippen molar-refractivity contribution in [1.29, 1.82) is 0 Å². The van der Waals surface area contributed by atoms with E-state index in [1.54, 1.807) is 30.7 Å². The van der Waals surface area contributed by atoms with Crippen LogP contribution in [-0.4, -0.2) is 34.7 Å². The quantitative estimate of drug-likeness (QED) is 0.925. The number of hydrogen-bond donors (Lipinski definition) is 1. The number of aromatic nitrogens is 2. The van der Waals surface area contributed by atoms with Gasteiger partial charge in [-0.2, -0.15) is 0 Å². The van der Waals surface area contributed by atoms with Gasteiger partial charge in [0.2, 0.25) is 0 Å². The van der Waals surface area contributed by atoms with Gasteiger partial charge in [0.1, 0.15) is 13.2 Å². The highest BCUT2D eigenvalue weighted by Crippen LogP contribution is 2.30. The van der Waals surface area contributed by atoms with Crippen LogP contribution < -0.4 is 14.8 Å². The molecule has 1 amide bonds. The molecule has 2 heterocycles. The summed E-state index contributed by atoms with van der Waals surface area (Å²) in [6.07, 6.45) is 5.31. The molecule has 3 rings (SSSR count). The van der Waals surface area contributed by atoms with E-state index in [0.717, 1.165) is 0 Å². The van der Waals surface area contributed by atoms with Gasteiger partial charge in [-0.15, -0.1) is 0 Å². The highest BCUT2D eigenvalue weighted by atomic mass is 16.6. The fourth-order valence-corrected chi connectivity index (χ4v) is 2.25. The molecule has 0 aliphatic carbocycles. The standard InChI is InChI=1S/C15H17N3O3/c1-11(9-18-5-4-16-10-18)17-15(19)12-2-3-13-14(8-12)21-7-6-20-13/h2-5,8,10-11H,6-7,9H2,1H3,(H,17,19)/t11-/m1/s1. The summed E-state index contributed by atoms with van der Waals surface area (Å²) in [5.41, 5.74) is 0.566. The Hall–Kier alpha value is -2.50. The van der Waals surface area contributed by atoms with Crippen LogP contribution in [0.25, 0.3) is 0 Å². The Morgan fingerprint density at radius 1 is 1.38 bits per heavy atom. The minimum absolute atomic E-state index is 0.0000919. The second kappa shape index (κ2) is 5.87. The molecule has 0 fully saturated rings. The summed E-state index contributed by atoms with van der Waals surface area (Å²) in [6, 6.07) is 5.23. The van der Waals surface area contributed by atoms with Gasteiger partial charge < -0.3 is 19.4 Å². The molecule has 2 aromatic rings. The Kier molecular flexibility index (Phi) is 3.77. The van der Waals surface area contributed by atoms with Gasteiger partial charge >= 0.3 is 0 Å². The van der Waals surface area contributed by atoms with Crippen LogP contribution in [0.15, 0.2) is 36.9 Å². The molecule has 1 aliphatic heterocycles. The topological polar surface area (TPSA) is 65.4 Å². The number of benzene rings is 1. The fraction of sp³-hybridized carbons (Fsp3) is 0.333. The van der Waals surface area contributed by atoms with Crippen LogP contribution in [0.4, 0.5) is 0 Å². The first-order chi connectivity index (χ1) is 10.2. The molecule has 0 radical (unpaired) electrons. The van der Waals surface area contributed by atoms with Crippen molar-refractivity contribution >= 4 is 5.91 Å². The molecule has 6 heteroatoms. The van der Waals surface area contributed by atoms with Gasteiger partial charge in [-0.25, -0.2) is 4.98 Å². The normalized spacial score (nSPS) is 14.5. The van der Waals surface area contributed by atoms with E-state index >= 15 is 0 Å². The van der Waals surface area contributed by atoms with Crippen LogP contribution in [0, 0.1) is 0 Å². The molecule has 1 aromatic carbocycles. The summed E-state index contributed by atoms with van der Waals surface area (Å²) in [7, 11) is 0. The number of fused-ring (bicyclic) bond motifs is 1. The molecule has 0 saturated carbocycles. The number of nitrogens with zero attached hydrogens (tertiary/aromatic N) is 2. The Morgan fingerprint density at radius 3 is 2.95 bits per heavy atom. The molecule has 1 aromatic heterocycles. The minimum atomic E-state index is -0.125. The molecule has 0 spiro atoms. The van der Waals surface area contributed by atoms with Crippen molar-refractivity contribution in [2.24, 2.45) is 0 Å². The molecule has 1 N–H and O–H groups in total. The van der Waals surface area contributed by atoms with E-state index in [9.17, 15) is 4.79 Å². The van der Waals surface area contributed by atoms with Gasteiger partial charge in [0, 0.05) is 30.5 Å². The summed E-state index contributed by atoms with van der Waals surface area (Å²) in [4.78, 5) is 16.2. The molecule has 0 bridgehead atoms. The smallest absolute Gasteiger partial charge is 0.251 e. The SMILES string of the molecule is C[C@H](Cn1ccnc1)NC(=O)c1ccc2c(c1)OCCO2. The van der Waals surface area contributed by atoms with Crippen LogP contribution in [0.3, 0.4) is 0 Å². The first-order valence-corrected chi connectivity index (χ1v) is 6.88. The average Bonchev–Trinajstić information content (AvgIpc) is 2.99. The van der Waals surface area contributed by atoms with Crippen LogP contribution in [0.2, 0.25) is 0 Å². The third-order valence-electron chi connectivity index (χ3n) is 3.23. The first kappa shape index (κ1) is 13.5. The number of amides is 1. The molecule has 0 saturated heterocycles. The molecule has 6 nitrogen and oxygen atoms in total. The van der Waals surface area contributed by atoms with E-state index in [2.05, 4.69) is 10.3 Å². The second-order valence-electron chi connectivity index (χ2n) is 4.99. The number of rotatable bonds is 4. The van der Waals surface area contributed by atoms with Crippen LogP contribution >= 0.6 is 0 Å². The summed E-state index contributed by atoms with van der Waals surface area (Å²) in [5, 5.41) is 2.96. The van der Waals surface area contributed by atoms with Crippen LogP contribution in [-0.2, 0) is 6.54 Å². The number of ether oxygens (including phenoxy) is 2. The largest absolute Gasteiger partial charge is 0.486 e. The van der Waals surface area contributed by atoms with Gasteiger partial charge in [-0.1, -0.05) is 0 Å². The summed E-state index contributed by atoms with van der Waals surface area (Å²) >= 11 is 0. The molecule has 110 valence electrons. The van der Waals surface area contributed by atoms with Gasteiger partial charge in [0.15, 0.2) is 11.5 Å². The average molecular weight is 287 g/mol. The Labute approximate surface area is 122 Å². The van der Waals surface area contributed by atoms with Gasteiger partial charge in [0.05, 0.1) is 6.33 Å². The maximum Gasteiger partial charge on any atom is 0.251 e. The van der Waals surface area contributed by atoms with E-state index in [1.807, 2.05) is 17.7 Å². The lowest BCUT2D eigenvalue weighted by atomic mass is 10.1. The monoisotopic (exact) mass is 287 g/mol. The number of imidazole rings is 1. The van der Waals surface area contributed by atoms with E-state index in [1.165, 1.54) is 0 Å². The molecular formula is C15H17N3O3. The molecule has 1 aliphatic rings. The van der Waals surface area contributed by atoms with Gasteiger partial charge in [-0.3, -0.25) is 4.79 Å². The van der Waals surface area contributed by atoms with E-state index in [0.29, 0.717) is 36.8 Å². The van der Waals surface area contributed by atoms with Crippen molar-refractivity contribution in [3.05, 3.63) is 42.5 Å². The maximum atomic E-state index is 12.2. The molecule has 21 heavy (non-hydrogen) atoms. The predicted molar refractivity (Wildman–Crippen MR) is 76.6 cm³/mol. The summed E-state index contributed by atoms with van der Waals surface area (Å²) < 4.78 is 12.9. The van der Waals surface area contributed by atoms with Crippen molar-refractivity contribution in [2.75, 3.05) is 13.2 Å². The van der Waals surface area contributed by atoms with Crippen molar-refractivity contribution in [3.63, 3.8) is 0 Å². The van der Waals surface area contributed by atoms with Gasteiger partial charge in [0.25, 0.3) is 5.91 Å². The van der Waals surface area contributed by atoms with E-state index in [4.69, 9.17) is 9.47 Å². The summed E-state index contributed by atoms with van der Waals surface area (Å²) in [5.74, 6) is 1.18. The van der Waals surface area contributed by atoms with Crippen LogP contribution in [0.5, 0.6) is 11.5 Å². The molecular weight excluding hydrogens is 270 g/mol. The first-order valence-electron chi connectivity index (χ1n) is 6.88. The zero-order valence-corrected chi connectivity index (χ0v) is 11.8. The van der Waals surface area contributed by atoms with Crippen molar-refractivity contribution in [1.82, 2.24) is 14.9 Å². The van der Waals surface area contributed by atoms with Crippen molar-refractivity contribution < 1.29 is 14.3 Å². The van der Waals surface area contributed by atoms with Crippen molar-refractivity contribution in [2.45, 2.75) is 19.5 Å². The fourth-order valence-electron chi connectivity index (χ4n) is 2.25. The lowest BCUT2D eigenvalue weighted by Gasteiger charge is -2.19. The Balaban J connectivity index is 1.64. The number of carbonyl (C=O) groups is 1. The zero-order chi connectivity index (χ0) is 14.7. The molecule has 1 atom stereocenters. The van der Waals surface area contributed by atoms with E-state index in [-0.39, 0.29) is 11.9 Å². The Morgan fingerprint density at radius 2 is 2.19 bits per heavy atom. The number of nitrogens with one attached hydrogen (secondary N) is 1. The lowest BCUT2D eigenvalue weighted by Crippen LogP contribution is -2.35. The lowest BCUT2D eigenvalue weighted by molar-refractivity contribution is 0.0935. The minimum Gasteiger partial charge on any atom is -0.486 e. The van der Waals surface area contributed by atoms with Gasteiger partial charge in [-0.05, 0) is 25.1 Å². The molecule has 0 unspecified atom stereocenters. The van der Waals surface area contributed by atoms with Crippen molar-refractivity contribution in [3.8, 4) is 11.5 Å². The summed E-state index contributed by atoms with van der Waals surface area (Å²) in [6.45, 7) is 3.68. The third kappa shape index (κ3) is 3.16.